The summed E-state index contributed by atoms with van der Waals surface area (Å²) in [4.78, 5) is 0. The van der Waals surface area contributed by atoms with Crippen LogP contribution in [0.25, 0.3) is 0 Å². The Morgan fingerprint density at radius 1 is 1.21 bits per heavy atom. The normalized spacial score (nSPS) is 28.3. The largest absolute Gasteiger partial charge is 0.316 e. The van der Waals surface area contributed by atoms with E-state index in [2.05, 4.69) is 19.2 Å². The highest BCUT2D eigenvalue weighted by Crippen LogP contribution is 2.30. The molecular formula is C12H24ClN. The van der Waals surface area contributed by atoms with Crippen molar-refractivity contribution in [1.82, 2.24) is 5.32 Å². The van der Waals surface area contributed by atoms with Crippen LogP contribution in [0.15, 0.2) is 0 Å². The van der Waals surface area contributed by atoms with E-state index in [-0.39, 0.29) is 0 Å². The molecule has 0 aliphatic heterocycles. The SMILES string of the molecule is CC(C)CNCC1CCCCC1CCl. The average Bonchev–Trinajstić information content (AvgIpc) is 2.18. The molecule has 14 heavy (non-hydrogen) atoms. The van der Waals surface area contributed by atoms with E-state index in [0.29, 0.717) is 0 Å². The first-order chi connectivity index (χ1) is 6.74. The highest BCUT2D eigenvalue weighted by atomic mass is 35.5. The van der Waals surface area contributed by atoms with Crippen LogP contribution < -0.4 is 5.32 Å². The highest BCUT2D eigenvalue weighted by Gasteiger charge is 2.23. The molecule has 1 nitrogen and oxygen atoms in total. The van der Waals surface area contributed by atoms with Gasteiger partial charge in [0.25, 0.3) is 0 Å². The minimum atomic E-state index is 0.757. The van der Waals surface area contributed by atoms with Gasteiger partial charge >= 0.3 is 0 Å². The molecule has 0 aromatic rings. The summed E-state index contributed by atoms with van der Waals surface area (Å²) in [5, 5.41) is 3.56. The Hall–Kier alpha value is 0.250. The molecule has 0 aromatic heterocycles. The molecule has 1 N–H and O–H groups in total. The van der Waals surface area contributed by atoms with Crippen LogP contribution in [0.3, 0.4) is 0 Å². The summed E-state index contributed by atoms with van der Waals surface area (Å²) in [7, 11) is 0. The molecule has 2 atom stereocenters. The van der Waals surface area contributed by atoms with Crippen LogP contribution in [0.5, 0.6) is 0 Å². The second-order valence-electron chi connectivity index (χ2n) is 5.01. The Labute approximate surface area is 93.6 Å². The number of hydrogen-bond acceptors (Lipinski definition) is 1. The standard InChI is InChI=1S/C12H24ClN/c1-10(2)8-14-9-12-6-4-3-5-11(12)7-13/h10-12,14H,3-9H2,1-2H3. The number of nitrogens with one attached hydrogen (secondary N) is 1. The summed E-state index contributed by atoms with van der Waals surface area (Å²) in [6.45, 7) is 6.83. The van der Waals surface area contributed by atoms with E-state index in [1.807, 2.05) is 0 Å². The van der Waals surface area contributed by atoms with Crippen LogP contribution in [-0.2, 0) is 0 Å². The lowest BCUT2D eigenvalue weighted by atomic mass is 9.80. The van der Waals surface area contributed by atoms with Crippen molar-refractivity contribution in [3.63, 3.8) is 0 Å². The molecule has 1 aliphatic carbocycles. The molecule has 1 saturated carbocycles. The van der Waals surface area contributed by atoms with E-state index in [1.54, 1.807) is 0 Å². The quantitative estimate of drug-likeness (QED) is 0.697. The molecule has 0 aromatic carbocycles. The van der Waals surface area contributed by atoms with E-state index in [1.165, 1.54) is 32.2 Å². The van der Waals surface area contributed by atoms with E-state index < -0.39 is 0 Å². The monoisotopic (exact) mass is 217 g/mol. The zero-order valence-electron chi connectivity index (χ0n) is 9.56. The minimum Gasteiger partial charge on any atom is -0.316 e. The van der Waals surface area contributed by atoms with Crippen molar-refractivity contribution in [3.05, 3.63) is 0 Å². The van der Waals surface area contributed by atoms with Crippen LogP contribution in [-0.4, -0.2) is 19.0 Å². The van der Waals surface area contributed by atoms with Gasteiger partial charge in [0.2, 0.25) is 0 Å². The topological polar surface area (TPSA) is 12.0 Å². The lowest BCUT2D eigenvalue weighted by Gasteiger charge is -2.30. The van der Waals surface area contributed by atoms with Crippen molar-refractivity contribution in [1.29, 1.82) is 0 Å². The molecule has 0 spiro atoms. The molecule has 0 amide bonds. The zero-order valence-corrected chi connectivity index (χ0v) is 10.3. The van der Waals surface area contributed by atoms with Gasteiger partial charge in [-0.05, 0) is 43.7 Å². The van der Waals surface area contributed by atoms with E-state index in [0.717, 1.165) is 30.2 Å². The maximum absolute atomic E-state index is 5.99. The first-order valence-electron chi connectivity index (χ1n) is 6.00. The zero-order chi connectivity index (χ0) is 10.4. The predicted molar refractivity (Wildman–Crippen MR) is 63.9 cm³/mol. The van der Waals surface area contributed by atoms with Crippen LogP contribution >= 0.6 is 11.6 Å². The average molecular weight is 218 g/mol. The Bertz CT molecular complexity index is 147. The van der Waals surface area contributed by atoms with Crippen molar-refractivity contribution < 1.29 is 0 Å². The lowest BCUT2D eigenvalue weighted by molar-refractivity contribution is 0.249. The van der Waals surface area contributed by atoms with Crippen LogP contribution in [0, 0.1) is 17.8 Å². The van der Waals surface area contributed by atoms with Crippen molar-refractivity contribution >= 4 is 11.6 Å². The third-order valence-corrected chi connectivity index (χ3v) is 3.62. The molecule has 1 rings (SSSR count). The summed E-state index contributed by atoms with van der Waals surface area (Å²) in [6, 6.07) is 0. The van der Waals surface area contributed by atoms with Crippen molar-refractivity contribution in [2.45, 2.75) is 39.5 Å². The first-order valence-corrected chi connectivity index (χ1v) is 6.54. The third kappa shape index (κ3) is 4.18. The van der Waals surface area contributed by atoms with Crippen LogP contribution in [0.1, 0.15) is 39.5 Å². The van der Waals surface area contributed by atoms with Gasteiger partial charge in [0.05, 0.1) is 0 Å². The van der Waals surface area contributed by atoms with Crippen LogP contribution in [0.2, 0.25) is 0 Å². The highest BCUT2D eigenvalue weighted by molar-refractivity contribution is 6.18. The van der Waals surface area contributed by atoms with Crippen molar-refractivity contribution in [2.24, 2.45) is 17.8 Å². The van der Waals surface area contributed by atoms with Gasteiger partial charge in [0.15, 0.2) is 0 Å². The van der Waals surface area contributed by atoms with E-state index in [4.69, 9.17) is 11.6 Å². The van der Waals surface area contributed by atoms with Gasteiger partial charge in [-0.2, -0.15) is 0 Å². The fraction of sp³-hybridized carbons (Fsp3) is 1.00. The minimum absolute atomic E-state index is 0.757. The maximum atomic E-state index is 5.99. The molecular weight excluding hydrogens is 194 g/mol. The smallest absolute Gasteiger partial charge is 0.0254 e. The first kappa shape index (κ1) is 12.3. The molecule has 0 radical (unpaired) electrons. The fourth-order valence-electron chi connectivity index (χ4n) is 2.31. The second kappa shape index (κ2) is 6.68. The Kier molecular flexibility index (Phi) is 5.88. The number of alkyl halides is 1. The lowest BCUT2D eigenvalue weighted by Crippen LogP contribution is -2.33. The van der Waals surface area contributed by atoms with Gasteiger partial charge in [-0.1, -0.05) is 26.7 Å². The number of halogens is 1. The van der Waals surface area contributed by atoms with Gasteiger partial charge < -0.3 is 5.32 Å². The Morgan fingerprint density at radius 2 is 1.86 bits per heavy atom. The molecule has 2 unspecified atom stereocenters. The Morgan fingerprint density at radius 3 is 2.43 bits per heavy atom. The summed E-state index contributed by atoms with van der Waals surface area (Å²) >= 11 is 5.99. The third-order valence-electron chi connectivity index (χ3n) is 3.22. The molecule has 0 heterocycles. The van der Waals surface area contributed by atoms with Gasteiger partial charge in [0.1, 0.15) is 0 Å². The second-order valence-corrected chi connectivity index (χ2v) is 5.32. The van der Waals surface area contributed by atoms with Crippen LogP contribution in [0.4, 0.5) is 0 Å². The van der Waals surface area contributed by atoms with E-state index >= 15 is 0 Å². The fourth-order valence-corrected chi connectivity index (χ4v) is 2.72. The van der Waals surface area contributed by atoms with Gasteiger partial charge in [-0.3, -0.25) is 0 Å². The summed E-state index contributed by atoms with van der Waals surface area (Å²) in [5.74, 6) is 3.21. The van der Waals surface area contributed by atoms with Crippen molar-refractivity contribution in [2.75, 3.05) is 19.0 Å². The molecule has 2 heteroatoms. The molecule has 0 saturated heterocycles. The number of hydrogen-bond donors (Lipinski definition) is 1. The molecule has 0 bridgehead atoms. The predicted octanol–water partition coefficient (Wildman–Crippen LogP) is 3.28. The summed E-state index contributed by atoms with van der Waals surface area (Å²) in [6.07, 6.45) is 5.51. The van der Waals surface area contributed by atoms with Gasteiger partial charge in [0, 0.05) is 5.88 Å². The number of rotatable bonds is 5. The van der Waals surface area contributed by atoms with Crippen molar-refractivity contribution in [3.8, 4) is 0 Å². The van der Waals surface area contributed by atoms with Gasteiger partial charge in [-0.15, -0.1) is 11.6 Å². The van der Waals surface area contributed by atoms with E-state index in [9.17, 15) is 0 Å². The van der Waals surface area contributed by atoms with Gasteiger partial charge in [-0.25, -0.2) is 0 Å². The molecule has 1 fully saturated rings. The summed E-state index contributed by atoms with van der Waals surface area (Å²) in [5.41, 5.74) is 0. The maximum Gasteiger partial charge on any atom is 0.0254 e. The Balaban J connectivity index is 2.19. The molecule has 1 aliphatic rings. The molecule has 84 valence electrons. The summed E-state index contributed by atoms with van der Waals surface area (Å²) < 4.78 is 0.